The Bertz CT molecular complexity index is 456. The number of hydrogen-bond acceptors (Lipinski definition) is 0. The SMILES string of the molecule is C=C(/C=C\C(=C)C(=C)/C=C\C(=C)C(C)CCC(C)CC)CC.CC. The molecule has 136 valence electrons. The van der Waals surface area contributed by atoms with Crippen molar-refractivity contribution in [3.8, 4) is 0 Å². The van der Waals surface area contributed by atoms with Gasteiger partial charge in [-0.15, -0.1) is 0 Å². The van der Waals surface area contributed by atoms with Gasteiger partial charge in [0.15, 0.2) is 0 Å². The van der Waals surface area contributed by atoms with Crippen LogP contribution in [-0.2, 0) is 0 Å². The van der Waals surface area contributed by atoms with Gasteiger partial charge in [0.05, 0.1) is 0 Å². The van der Waals surface area contributed by atoms with Gasteiger partial charge in [-0.25, -0.2) is 0 Å². The molecule has 0 saturated carbocycles. The molecule has 24 heavy (non-hydrogen) atoms. The number of rotatable bonds is 11. The van der Waals surface area contributed by atoms with E-state index in [1.165, 1.54) is 24.8 Å². The Balaban J connectivity index is 0. The van der Waals surface area contributed by atoms with Gasteiger partial charge in [0, 0.05) is 0 Å². The van der Waals surface area contributed by atoms with E-state index >= 15 is 0 Å². The summed E-state index contributed by atoms with van der Waals surface area (Å²) in [7, 11) is 0. The number of allylic oxidation sites excluding steroid dienone is 8. The fourth-order valence-electron chi connectivity index (χ4n) is 1.85. The van der Waals surface area contributed by atoms with Crippen molar-refractivity contribution in [3.63, 3.8) is 0 Å². The molecule has 0 aliphatic heterocycles. The molecule has 0 heteroatoms. The van der Waals surface area contributed by atoms with Crippen molar-refractivity contribution in [2.45, 2.75) is 67.2 Å². The summed E-state index contributed by atoms with van der Waals surface area (Å²) in [6.45, 7) is 29.2. The lowest BCUT2D eigenvalue weighted by molar-refractivity contribution is 0.454. The van der Waals surface area contributed by atoms with Crippen molar-refractivity contribution in [3.05, 3.63) is 72.9 Å². The zero-order valence-electron chi connectivity index (χ0n) is 17.1. The van der Waals surface area contributed by atoms with Crippen LogP contribution in [0.3, 0.4) is 0 Å². The second-order valence-corrected chi connectivity index (χ2v) is 6.30. The highest BCUT2D eigenvalue weighted by Crippen LogP contribution is 2.21. The van der Waals surface area contributed by atoms with Gasteiger partial charge in [-0.05, 0) is 35.8 Å². The molecule has 2 unspecified atom stereocenters. The van der Waals surface area contributed by atoms with Crippen LogP contribution in [0.2, 0.25) is 0 Å². The van der Waals surface area contributed by atoms with E-state index in [0.717, 1.165) is 29.1 Å². The topological polar surface area (TPSA) is 0 Å². The van der Waals surface area contributed by atoms with E-state index < -0.39 is 0 Å². The second-order valence-electron chi connectivity index (χ2n) is 6.30. The lowest BCUT2D eigenvalue weighted by Gasteiger charge is -2.14. The molecule has 2 atom stereocenters. The maximum absolute atomic E-state index is 4.19. The van der Waals surface area contributed by atoms with Crippen molar-refractivity contribution < 1.29 is 0 Å². The normalized spacial score (nSPS) is 13.2. The summed E-state index contributed by atoms with van der Waals surface area (Å²) in [6.07, 6.45) is 12.7. The van der Waals surface area contributed by atoms with Crippen LogP contribution in [-0.4, -0.2) is 0 Å². The zero-order chi connectivity index (χ0) is 19.1. The molecule has 0 N–H and O–H groups in total. The molecule has 0 aromatic heterocycles. The van der Waals surface area contributed by atoms with Crippen LogP contribution < -0.4 is 0 Å². The smallest absolute Gasteiger partial charge is 0.0196 e. The first kappa shape index (κ1) is 24.7. The minimum atomic E-state index is 0.515. The largest absolute Gasteiger partial charge is 0.0958 e. The second kappa shape index (κ2) is 15.0. The third kappa shape index (κ3) is 11.9. The van der Waals surface area contributed by atoms with Gasteiger partial charge < -0.3 is 0 Å². The highest BCUT2D eigenvalue weighted by atomic mass is 14.1. The van der Waals surface area contributed by atoms with Gasteiger partial charge in [-0.1, -0.05) is 116 Å². The molecule has 0 fully saturated rings. The maximum atomic E-state index is 4.19. The molecule has 0 amide bonds. The van der Waals surface area contributed by atoms with E-state index in [1.54, 1.807) is 0 Å². The highest BCUT2D eigenvalue weighted by molar-refractivity contribution is 5.45. The summed E-state index contributed by atoms with van der Waals surface area (Å²) in [5.41, 5.74) is 4.11. The summed E-state index contributed by atoms with van der Waals surface area (Å²) >= 11 is 0. The lowest BCUT2D eigenvalue weighted by atomic mass is 9.91. The van der Waals surface area contributed by atoms with Gasteiger partial charge in [-0.3, -0.25) is 0 Å². The summed E-state index contributed by atoms with van der Waals surface area (Å²) < 4.78 is 0. The van der Waals surface area contributed by atoms with Crippen LogP contribution in [0.4, 0.5) is 0 Å². The molecule has 0 aromatic rings. The molecular formula is C24H40. The van der Waals surface area contributed by atoms with Crippen molar-refractivity contribution in [1.82, 2.24) is 0 Å². The third-order valence-corrected chi connectivity index (χ3v) is 4.31. The molecule has 0 bridgehead atoms. The molecule has 0 aliphatic carbocycles. The van der Waals surface area contributed by atoms with Crippen molar-refractivity contribution in [2.24, 2.45) is 11.8 Å². The minimum Gasteiger partial charge on any atom is -0.0958 e. The Morgan fingerprint density at radius 1 is 0.792 bits per heavy atom. The first-order chi connectivity index (χ1) is 11.3. The van der Waals surface area contributed by atoms with E-state index in [9.17, 15) is 0 Å². The Morgan fingerprint density at radius 3 is 1.75 bits per heavy atom. The first-order valence-electron chi connectivity index (χ1n) is 9.42. The Hall–Kier alpha value is -1.56. The summed E-state index contributed by atoms with van der Waals surface area (Å²) in [4.78, 5) is 0. The average molecular weight is 329 g/mol. The van der Waals surface area contributed by atoms with Crippen LogP contribution in [0, 0.1) is 11.8 Å². The molecule has 0 spiro atoms. The molecule has 0 heterocycles. The van der Waals surface area contributed by atoms with Gasteiger partial charge in [0.25, 0.3) is 0 Å². The molecule has 0 rings (SSSR count). The van der Waals surface area contributed by atoms with Crippen molar-refractivity contribution in [1.29, 1.82) is 0 Å². The number of hydrogen-bond donors (Lipinski definition) is 0. The molecule has 0 aromatic carbocycles. The molecule has 0 aliphatic rings. The standard InChI is InChI=1S/C22H34.C2H6/c1-9-17(3)11-13-19(5)21(7)15-16-22(8)20(6)14-12-18(4)10-2;1-2/h11,13,15-16,18,20H,3,5,7-10,12,14H2,1-2,4,6H3;1-2H3/b13-11-,16-15-;. The zero-order valence-corrected chi connectivity index (χ0v) is 17.1. The van der Waals surface area contributed by atoms with E-state index in [0.29, 0.717) is 5.92 Å². The molecule has 0 saturated heterocycles. The van der Waals surface area contributed by atoms with Crippen LogP contribution in [0.1, 0.15) is 67.2 Å². The first-order valence-corrected chi connectivity index (χ1v) is 9.42. The van der Waals surface area contributed by atoms with Crippen molar-refractivity contribution in [2.75, 3.05) is 0 Å². The lowest BCUT2D eigenvalue weighted by Crippen LogP contribution is -2.00. The fourth-order valence-corrected chi connectivity index (χ4v) is 1.85. The monoisotopic (exact) mass is 328 g/mol. The van der Waals surface area contributed by atoms with Crippen molar-refractivity contribution >= 4 is 0 Å². The van der Waals surface area contributed by atoms with Crippen LogP contribution in [0.25, 0.3) is 0 Å². The van der Waals surface area contributed by atoms with E-state index in [2.05, 4.69) is 60.1 Å². The summed E-state index contributed by atoms with van der Waals surface area (Å²) in [6, 6.07) is 0. The quantitative estimate of drug-likeness (QED) is 0.335. The fraction of sp³-hybridized carbons (Fsp3) is 0.500. The van der Waals surface area contributed by atoms with Gasteiger partial charge >= 0.3 is 0 Å². The average Bonchev–Trinajstić information content (AvgIpc) is 2.62. The van der Waals surface area contributed by atoms with Gasteiger partial charge in [0.2, 0.25) is 0 Å². The van der Waals surface area contributed by atoms with Crippen LogP contribution in [0.5, 0.6) is 0 Å². The highest BCUT2D eigenvalue weighted by Gasteiger charge is 2.07. The van der Waals surface area contributed by atoms with Crippen LogP contribution in [0.15, 0.2) is 72.9 Å². The Kier molecular flexibility index (Phi) is 15.4. The van der Waals surface area contributed by atoms with E-state index in [1.807, 2.05) is 32.1 Å². The third-order valence-electron chi connectivity index (χ3n) is 4.31. The van der Waals surface area contributed by atoms with Crippen LogP contribution >= 0.6 is 0 Å². The minimum absolute atomic E-state index is 0.515. The molecule has 0 radical (unpaired) electrons. The Labute approximate surface area is 152 Å². The maximum Gasteiger partial charge on any atom is -0.0196 e. The predicted octanol–water partition coefficient (Wildman–Crippen LogP) is 8.22. The molecule has 0 nitrogen and oxygen atoms in total. The predicted molar refractivity (Wildman–Crippen MR) is 114 cm³/mol. The van der Waals surface area contributed by atoms with Gasteiger partial charge in [-0.2, -0.15) is 0 Å². The summed E-state index contributed by atoms with van der Waals surface area (Å²) in [5.74, 6) is 1.31. The molecular weight excluding hydrogens is 288 g/mol. The van der Waals surface area contributed by atoms with E-state index in [-0.39, 0.29) is 0 Å². The Morgan fingerprint density at radius 2 is 1.29 bits per heavy atom. The van der Waals surface area contributed by atoms with Gasteiger partial charge in [0.1, 0.15) is 0 Å². The van der Waals surface area contributed by atoms with E-state index in [4.69, 9.17) is 0 Å². The summed E-state index contributed by atoms with van der Waals surface area (Å²) in [5, 5.41) is 0.